The van der Waals surface area contributed by atoms with Crippen LogP contribution in [0, 0.1) is 17.5 Å². The first-order chi connectivity index (χ1) is 18.5. The van der Waals surface area contributed by atoms with Crippen LogP contribution in [0.3, 0.4) is 0 Å². The number of carbonyl (C=O) groups is 1. The van der Waals surface area contributed by atoms with Gasteiger partial charge in [0.1, 0.15) is 5.75 Å². The summed E-state index contributed by atoms with van der Waals surface area (Å²) >= 11 is 0. The van der Waals surface area contributed by atoms with Crippen molar-refractivity contribution in [3.8, 4) is 10.6 Å². The van der Waals surface area contributed by atoms with Gasteiger partial charge in [-0.2, -0.15) is 0 Å². The van der Waals surface area contributed by atoms with Crippen LogP contribution in [0.5, 0.6) is 5.75 Å². The lowest BCUT2D eigenvalue weighted by Gasteiger charge is -2.28. The van der Waals surface area contributed by atoms with Gasteiger partial charge in [-0.3, -0.25) is 0 Å². The molecule has 0 amide bonds. The monoisotopic (exact) mass is 531 g/mol. The molecular formula is C31H22F3O3S+. The van der Waals surface area contributed by atoms with Crippen molar-refractivity contribution in [2.45, 2.75) is 18.4 Å². The Kier molecular flexibility index (Phi) is 6.16. The molecule has 38 heavy (non-hydrogen) atoms. The quantitative estimate of drug-likeness (QED) is 0.0957. The lowest BCUT2D eigenvalue weighted by atomic mass is 9.92. The molecule has 1 heterocycles. The van der Waals surface area contributed by atoms with Gasteiger partial charge >= 0.3 is 5.97 Å². The maximum absolute atomic E-state index is 14.5. The number of ether oxygens (including phenoxy) is 2. The van der Waals surface area contributed by atoms with E-state index >= 15 is 0 Å². The lowest BCUT2D eigenvalue weighted by molar-refractivity contribution is -0.158. The number of esters is 1. The highest BCUT2D eigenvalue weighted by Gasteiger charge is 2.39. The molecule has 3 nitrogen and oxygen atoms in total. The van der Waals surface area contributed by atoms with Crippen molar-refractivity contribution < 1.29 is 27.4 Å². The Morgan fingerprint density at radius 3 is 2.11 bits per heavy atom. The maximum atomic E-state index is 14.5. The fourth-order valence-corrected chi connectivity index (χ4v) is 7.40. The van der Waals surface area contributed by atoms with Gasteiger partial charge in [0.15, 0.2) is 44.0 Å². The molecule has 0 fully saturated rings. The number of allylic oxidation sites excluding steroid dienone is 1. The first-order valence-electron chi connectivity index (χ1n) is 12.2. The summed E-state index contributed by atoms with van der Waals surface area (Å²) in [5.74, 6) is -4.53. The van der Waals surface area contributed by atoms with Crippen molar-refractivity contribution in [2.75, 3.05) is 6.61 Å². The van der Waals surface area contributed by atoms with Gasteiger partial charge < -0.3 is 9.47 Å². The highest BCUT2D eigenvalue weighted by Crippen LogP contribution is 2.48. The molecule has 0 saturated heterocycles. The van der Waals surface area contributed by atoms with Gasteiger partial charge in [0, 0.05) is 38.9 Å². The summed E-state index contributed by atoms with van der Waals surface area (Å²) in [7, 11) is -0.245. The first-order valence-corrected chi connectivity index (χ1v) is 13.4. The number of thiophene rings is 1. The van der Waals surface area contributed by atoms with Crippen LogP contribution in [-0.2, 0) is 15.1 Å². The standard InChI is InChI=1S/C31H22F3O3S/c32-25-16-15-24(29(33)30(25)34)31(17-5-6-18-31)37-28(35)19-36-20-11-13-21(14-12-20)38-26-9-3-1-7-22(26)23-8-2-4-10-27(23)38/h1-5,7-17H,6,18-19H2/q+1. The summed E-state index contributed by atoms with van der Waals surface area (Å²) in [6, 6.07) is 26.3. The molecular weight excluding hydrogens is 509 g/mol. The van der Waals surface area contributed by atoms with E-state index in [9.17, 15) is 18.0 Å². The van der Waals surface area contributed by atoms with E-state index < -0.39 is 35.6 Å². The van der Waals surface area contributed by atoms with Crippen LogP contribution in [0.15, 0.2) is 97.1 Å². The third-order valence-corrected chi connectivity index (χ3v) is 9.11. The SMILES string of the molecule is O=C(COc1ccc(-[s+]2c3ccccc3c3ccccc32)cc1)OC1(c2ccc(F)c(F)c2F)C=CCC1. The highest BCUT2D eigenvalue weighted by molar-refractivity contribution is 7.50. The van der Waals surface area contributed by atoms with Crippen LogP contribution in [0.4, 0.5) is 13.2 Å². The average Bonchev–Trinajstić information content (AvgIpc) is 3.54. The van der Waals surface area contributed by atoms with Crippen molar-refractivity contribution >= 4 is 36.6 Å². The number of carbonyl (C=O) groups excluding carboxylic acids is 1. The Bertz CT molecular complexity index is 1650. The van der Waals surface area contributed by atoms with E-state index in [2.05, 4.69) is 24.3 Å². The zero-order chi connectivity index (χ0) is 26.3. The number of benzene rings is 4. The molecule has 4 aromatic carbocycles. The normalized spacial score (nSPS) is 16.8. The lowest BCUT2D eigenvalue weighted by Crippen LogP contribution is -2.32. The van der Waals surface area contributed by atoms with Crippen molar-refractivity contribution in [3.05, 3.63) is 120 Å². The Morgan fingerprint density at radius 2 is 1.47 bits per heavy atom. The molecule has 1 aromatic heterocycles. The van der Waals surface area contributed by atoms with Gasteiger partial charge in [-0.25, -0.2) is 18.0 Å². The molecule has 0 spiro atoms. The predicted molar refractivity (Wildman–Crippen MR) is 143 cm³/mol. The smallest absolute Gasteiger partial charge is 0.345 e. The molecule has 0 N–H and O–H groups in total. The van der Waals surface area contributed by atoms with Crippen molar-refractivity contribution in [2.24, 2.45) is 0 Å². The summed E-state index contributed by atoms with van der Waals surface area (Å²) in [4.78, 5) is 13.8. The third-order valence-electron chi connectivity index (χ3n) is 6.78. The molecule has 0 bridgehead atoms. The number of halogens is 3. The Balaban J connectivity index is 1.20. The van der Waals surface area contributed by atoms with Crippen LogP contribution in [-0.4, -0.2) is 12.6 Å². The van der Waals surface area contributed by atoms with E-state index in [1.807, 2.05) is 36.4 Å². The minimum atomic E-state index is -1.59. The number of rotatable bonds is 6. The molecule has 1 aliphatic carbocycles. The van der Waals surface area contributed by atoms with Gasteiger partial charge in [-0.1, -0.05) is 30.3 Å². The minimum Gasteiger partial charge on any atom is -0.482 e. The van der Waals surface area contributed by atoms with Gasteiger partial charge in [0.05, 0.1) is 0 Å². The summed E-state index contributed by atoms with van der Waals surface area (Å²) in [6.07, 6.45) is 3.95. The summed E-state index contributed by atoms with van der Waals surface area (Å²) in [5.41, 5.74) is -1.73. The molecule has 7 heteroatoms. The van der Waals surface area contributed by atoms with Crippen molar-refractivity contribution in [1.82, 2.24) is 0 Å². The second kappa shape index (κ2) is 9.65. The summed E-state index contributed by atoms with van der Waals surface area (Å²) < 4.78 is 55.7. The van der Waals surface area contributed by atoms with Gasteiger partial charge in [0.25, 0.3) is 0 Å². The van der Waals surface area contributed by atoms with Gasteiger partial charge in [-0.15, -0.1) is 0 Å². The molecule has 1 aliphatic rings. The van der Waals surface area contributed by atoms with E-state index in [-0.39, 0.29) is 22.5 Å². The zero-order valence-electron chi connectivity index (χ0n) is 20.1. The zero-order valence-corrected chi connectivity index (χ0v) is 20.9. The highest BCUT2D eigenvalue weighted by atomic mass is 32.2. The molecule has 1 unspecified atom stereocenters. The second-order valence-electron chi connectivity index (χ2n) is 9.09. The largest absolute Gasteiger partial charge is 0.482 e. The van der Waals surface area contributed by atoms with Gasteiger partial charge in [-0.05, 0) is 67.4 Å². The van der Waals surface area contributed by atoms with Gasteiger partial charge in [0.2, 0.25) is 0 Å². The van der Waals surface area contributed by atoms with Crippen LogP contribution >= 0.6 is 10.5 Å². The third kappa shape index (κ3) is 4.13. The van der Waals surface area contributed by atoms with E-state index in [0.29, 0.717) is 12.2 Å². The molecule has 0 saturated carbocycles. The molecule has 5 aromatic rings. The predicted octanol–water partition coefficient (Wildman–Crippen LogP) is 8.32. The van der Waals surface area contributed by atoms with E-state index in [4.69, 9.17) is 9.47 Å². The van der Waals surface area contributed by atoms with E-state index in [1.54, 1.807) is 18.2 Å². The number of hydrogen-bond acceptors (Lipinski definition) is 3. The molecule has 6 rings (SSSR count). The van der Waals surface area contributed by atoms with E-state index in [0.717, 1.165) is 17.0 Å². The van der Waals surface area contributed by atoms with Crippen LogP contribution in [0.25, 0.3) is 25.1 Å². The fraction of sp³-hybridized carbons (Fsp3) is 0.129. The maximum Gasteiger partial charge on any atom is 0.345 e. The Hall–Kier alpha value is -4.10. The van der Waals surface area contributed by atoms with Crippen molar-refractivity contribution in [1.29, 1.82) is 0 Å². The molecule has 190 valence electrons. The summed E-state index contributed by atoms with van der Waals surface area (Å²) in [5, 5.41) is 2.48. The molecule has 1 atom stereocenters. The fourth-order valence-electron chi connectivity index (χ4n) is 5.03. The number of hydrogen-bond donors (Lipinski definition) is 0. The number of fused-ring (bicyclic) bond motifs is 3. The van der Waals surface area contributed by atoms with E-state index in [1.165, 1.54) is 26.2 Å². The van der Waals surface area contributed by atoms with Crippen LogP contribution in [0.1, 0.15) is 18.4 Å². The minimum absolute atomic E-state index is 0.221. The van der Waals surface area contributed by atoms with Crippen molar-refractivity contribution in [3.63, 3.8) is 0 Å². The first kappa shape index (κ1) is 24.2. The molecule has 0 aliphatic heterocycles. The Labute approximate surface area is 219 Å². The molecule has 0 radical (unpaired) electrons. The topological polar surface area (TPSA) is 35.5 Å². The van der Waals surface area contributed by atoms with Crippen LogP contribution < -0.4 is 4.74 Å². The summed E-state index contributed by atoms with van der Waals surface area (Å²) in [6.45, 7) is -0.419. The van der Waals surface area contributed by atoms with Crippen LogP contribution in [0.2, 0.25) is 0 Å². The second-order valence-corrected chi connectivity index (χ2v) is 11.0. The Morgan fingerprint density at radius 1 is 0.816 bits per heavy atom. The average molecular weight is 532 g/mol.